The van der Waals surface area contributed by atoms with Crippen LogP contribution in [0.15, 0.2) is 53.6 Å². The second kappa shape index (κ2) is 7.95. The number of nitrogens with zero attached hydrogens (tertiary/aromatic N) is 1. The molecule has 0 radical (unpaired) electrons. The van der Waals surface area contributed by atoms with Crippen LogP contribution in [0.1, 0.15) is 46.0 Å². The number of hydrazone groups is 1. The highest BCUT2D eigenvalue weighted by Gasteiger charge is 2.29. The topological polar surface area (TPSA) is 84.8 Å². The van der Waals surface area contributed by atoms with Crippen LogP contribution in [0.25, 0.3) is 0 Å². The van der Waals surface area contributed by atoms with Crippen LogP contribution in [-0.2, 0) is 14.3 Å². The Kier molecular flexibility index (Phi) is 5.45. The van der Waals surface area contributed by atoms with Gasteiger partial charge in [0.25, 0.3) is 0 Å². The smallest absolute Gasteiger partial charge is 0.355 e. The number of amides is 1. The molecule has 1 N–H and O–H groups in total. The maximum Gasteiger partial charge on any atom is 0.355 e. The third kappa shape index (κ3) is 4.47. The van der Waals surface area contributed by atoms with Crippen molar-refractivity contribution in [3.63, 3.8) is 0 Å². The third-order valence-electron chi connectivity index (χ3n) is 4.32. The van der Waals surface area contributed by atoms with E-state index in [0.29, 0.717) is 11.1 Å². The summed E-state index contributed by atoms with van der Waals surface area (Å²) in [6, 6.07) is 14.3. The molecule has 2 aromatic carbocycles. The van der Waals surface area contributed by atoms with Crippen molar-refractivity contribution in [2.45, 2.75) is 32.8 Å². The Balaban J connectivity index is 1.88. The van der Waals surface area contributed by atoms with Gasteiger partial charge in [0.05, 0.1) is 0 Å². The predicted octanol–water partition coefficient (Wildman–Crippen LogP) is 3.04. The zero-order valence-electron chi connectivity index (χ0n) is 15.2. The van der Waals surface area contributed by atoms with Crippen LogP contribution < -0.4 is 5.43 Å². The number of aryl methyl sites for hydroxylation is 2. The summed E-state index contributed by atoms with van der Waals surface area (Å²) >= 11 is 0. The molecular weight excluding hydrogens is 344 g/mol. The van der Waals surface area contributed by atoms with Crippen LogP contribution in [0, 0.1) is 13.8 Å². The van der Waals surface area contributed by atoms with Crippen molar-refractivity contribution in [2.75, 3.05) is 0 Å². The first-order chi connectivity index (χ1) is 12.9. The molecule has 0 fully saturated rings. The highest BCUT2D eigenvalue weighted by Crippen LogP contribution is 2.24. The molecule has 138 valence electrons. The van der Waals surface area contributed by atoms with E-state index in [0.717, 1.165) is 11.1 Å². The molecule has 2 aromatic rings. The van der Waals surface area contributed by atoms with E-state index in [-0.39, 0.29) is 30.2 Å². The highest BCUT2D eigenvalue weighted by molar-refractivity contribution is 6.37. The van der Waals surface area contributed by atoms with E-state index in [9.17, 15) is 14.4 Å². The molecule has 3 rings (SSSR count). The summed E-state index contributed by atoms with van der Waals surface area (Å²) in [5.41, 5.74) is 5.47. The molecule has 6 nitrogen and oxygen atoms in total. The number of ketones is 1. The number of hydrogen-bond acceptors (Lipinski definition) is 5. The van der Waals surface area contributed by atoms with E-state index in [2.05, 4.69) is 10.5 Å². The average molecular weight is 364 g/mol. The molecule has 0 saturated carbocycles. The molecule has 6 heteroatoms. The molecular formula is C21H20N2O4. The number of ether oxygens (including phenoxy) is 1. The zero-order valence-corrected chi connectivity index (χ0v) is 15.2. The molecule has 0 aromatic heterocycles. The van der Waals surface area contributed by atoms with E-state index in [1.807, 2.05) is 38.1 Å². The van der Waals surface area contributed by atoms with Crippen molar-refractivity contribution >= 4 is 23.4 Å². The number of benzene rings is 2. The van der Waals surface area contributed by atoms with Crippen molar-refractivity contribution in [3.05, 3.63) is 70.8 Å². The molecule has 0 aliphatic carbocycles. The molecule has 27 heavy (non-hydrogen) atoms. The van der Waals surface area contributed by atoms with Gasteiger partial charge in [-0.1, -0.05) is 59.7 Å². The predicted molar refractivity (Wildman–Crippen MR) is 100 cm³/mol. The number of hydrogen-bond donors (Lipinski definition) is 1. The number of Topliss-reactive ketones (excluding diaryl/α,β-unsaturated/α-hetero) is 1. The maximum absolute atomic E-state index is 13.0. The van der Waals surface area contributed by atoms with Crippen molar-refractivity contribution in [3.8, 4) is 0 Å². The lowest BCUT2D eigenvalue weighted by Gasteiger charge is -2.19. The van der Waals surface area contributed by atoms with Crippen molar-refractivity contribution < 1.29 is 19.1 Å². The monoisotopic (exact) mass is 364 g/mol. The maximum atomic E-state index is 13.0. The van der Waals surface area contributed by atoms with E-state index in [4.69, 9.17) is 4.74 Å². The number of esters is 1. The molecule has 0 spiro atoms. The van der Waals surface area contributed by atoms with Crippen LogP contribution in [0.5, 0.6) is 0 Å². The minimum absolute atomic E-state index is 0.100. The summed E-state index contributed by atoms with van der Waals surface area (Å²) in [7, 11) is 0. The number of carbonyl (C=O) groups excluding carboxylic acids is 3. The van der Waals surface area contributed by atoms with Crippen molar-refractivity contribution in [2.24, 2.45) is 5.10 Å². The number of nitrogens with one attached hydrogen (secondary N) is 1. The van der Waals surface area contributed by atoms with E-state index >= 15 is 0 Å². The van der Waals surface area contributed by atoms with Crippen LogP contribution in [0.4, 0.5) is 0 Å². The van der Waals surface area contributed by atoms with Gasteiger partial charge in [0.1, 0.15) is 5.71 Å². The molecule has 0 bridgehead atoms. The lowest BCUT2D eigenvalue weighted by atomic mass is 9.98. The molecule has 1 heterocycles. The Morgan fingerprint density at radius 3 is 2.11 bits per heavy atom. The van der Waals surface area contributed by atoms with Gasteiger partial charge in [-0.05, 0) is 13.8 Å². The molecule has 1 aliphatic rings. The Bertz CT molecular complexity index is 899. The molecule has 1 aliphatic heterocycles. The van der Waals surface area contributed by atoms with E-state index < -0.39 is 12.1 Å². The van der Waals surface area contributed by atoms with Gasteiger partial charge in [-0.2, -0.15) is 5.10 Å². The average Bonchev–Trinajstić information content (AvgIpc) is 2.67. The molecule has 1 amide bonds. The molecule has 1 atom stereocenters. The quantitative estimate of drug-likeness (QED) is 0.653. The Morgan fingerprint density at radius 2 is 1.56 bits per heavy atom. The number of carbonyl (C=O) groups is 3. The van der Waals surface area contributed by atoms with Crippen LogP contribution >= 0.6 is 0 Å². The zero-order chi connectivity index (χ0) is 19.4. The van der Waals surface area contributed by atoms with E-state index in [1.165, 1.54) is 0 Å². The van der Waals surface area contributed by atoms with Crippen molar-refractivity contribution in [1.29, 1.82) is 0 Å². The van der Waals surface area contributed by atoms with Gasteiger partial charge >= 0.3 is 5.97 Å². The lowest BCUT2D eigenvalue weighted by Crippen LogP contribution is -2.32. The summed E-state index contributed by atoms with van der Waals surface area (Å²) in [6.45, 7) is 3.87. The minimum atomic E-state index is -1.08. The summed E-state index contributed by atoms with van der Waals surface area (Å²) in [5.74, 6) is -1.27. The first-order valence-electron chi connectivity index (χ1n) is 8.68. The number of rotatable bonds is 5. The first kappa shape index (κ1) is 18.5. The lowest BCUT2D eigenvalue weighted by molar-refractivity contribution is -0.139. The summed E-state index contributed by atoms with van der Waals surface area (Å²) in [5, 5.41) is 3.75. The largest absolute Gasteiger partial charge is 0.444 e. The first-order valence-corrected chi connectivity index (χ1v) is 8.68. The summed E-state index contributed by atoms with van der Waals surface area (Å²) in [4.78, 5) is 36.7. The SMILES string of the molecule is Cc1ccc(C(=O)[C@H](OC(=O)C2=NNC(=O)CC2)c2ccc(C)cc2)cc1. The Hall–Kier alpha value is -3.28. The second-order valence-electron chi connectivity index (χ2n) is 6.52. The van der Waals surface area contributed by atoms with Gasteiger partial charge in [0.15, 0.2) is 6.10 Å². The van der Waals surface area contributed by atoms with Crippen LogP contribution in [0.2, 0.25) is 0 Å². The standard InChI is InChI=1S/C21H20N2O4/c1-13-3-7-15(8-4-13)19(25)20(16-9-5-14(2)6-10-16)27-21(26)17-11-12-18(24)23-22-17/h3-10,20H,11-12H2,1-2H3,(H,23,24)/t20-/m1/s1. The van der Waals surface area contributed by atoms with Crippen LogP contribution in [0.3, 0.4) is 0 Å². The van der Waals surface area contributed by atoms with Crippen molar-refractivity contribution in [1.82, 2.24) is 5.43 Å². The van der Waals surface area contributed by atoms with Crippen LogP contribution in [-0.4, -0.2) is 23.4 Å². The second-order valence-corrected chi connectivity index (χ2v) is 6.52. The van der Waals surface area contributed by atoms with E-state index in [1.54, 1.807) is 24.3 Å². The van der Waals surface area contributed by atoms with Gasteiger partial charge in [0, 0.05) is 24.0 Å². The Labute approximate surface area is 157 Å². The van der Waals surface area contributed by atoms with Gasteiger partial charge in [-0.3, -0.25) is 9.59 Å². The normalized spacial score (nSPS) is 14.7. The highest BCUT2D eigenvalue weighted by atomic mass is 16.5. The molecule has 0 saturated heterocycles. The molecule has 0 unspecified atom stereocenters. The Morgan fingerprint density at radius 1 is 0.963 bits per heavy atom. The summed E-state index contributed by atoms with van der Waals surface area (Å²) < 4.78 is 5.53. The fourth-order valence-corrected chi connectivity index (χ4v) is 2.68. The van der Waals surface area contributed by atoms with Gasteiger partial charge < -0.3 is 4.74 Å². The van der Waals surface area contributed by atoms with Gasteiger partial charge in [0.2, 0.25) is 11.7 Å². The fourth-order valence-electron chi connectivity index (χ4n) is 2.68. The van der Waals surface area contributed by atoms with Gasteiger partial charge in [-0.15, -0.1) is 0 Å². The fraction of sp³-hybridized carbons (Fsp3) is 0.238. The minimum Gasteiger partial charge on any atom is -0.444 e. The van der Waals surface area contributed by atoms with Gasteiger partial charge in [-0.25, -0.2) is 10.2 Å². The third-order valence-corrected chi connectivity index (χ3v) is 4.32. The summed E-state index contributed by atoms with van der Waals surface area (Å²) in [6.07, 6.45) is -0.736.